The fraction of sp³-hybridized carbons (Fsp3) is 0. The molecule has 0 bridgehead atoms. The minimum atomic E-state index is -0.282. The van der Waals surface area contributed by atoms with E-state index >= 15 is 0 Å². The molecule has 0 spiro atoms. The Labute approximate surface area is 131 Å². The van der Waals surface area contributed by atoms with Crippen LogP contribution in [0, 0.1) is 5.82 Å². The van der Waals surface area contributed by atoms with Gasteiger partial charge in [-0.05, 0) is 24.3 Å². The van der Waals surface area contributed by atoms with Crippen molar-refractivity contribution in [2.24, 2.45) is 0 Å². The number of hydrogen-bond acceptors (Lipinski definition) is 2. The average Bonchev–Trinajstić information content (AvgIpc) is 2.53. The van der Waals surface area contributed by atoms with Crippen LogP contribution in [0.5, 0.6) is 0 Å². The molecular formula is C19H14FN2O+. The zero-order chi connectivity index (χ0) is 16.0. The van der Waals surface area contributed by atoms with Crippen molar-refractivity contribution in [3.05, 3.63) is 71.8 Å². The first-order valence-electron chi connectivity index (χ1n) is 7.23. The van der Waals surface area contributed by atoms with Gasteiger partial charge in [0.15, 0.2) is 5.36 Å². The maximum Gasteiger partial charge on any atom is 0.200 e. The zero-order valence-electron chi connectivity index (χ0n) is 12.2. The van der Waals surface area contributed by atoms with Crippen molar-refractivity contribution in [2.45, 2.75) is 0 Å². The number of fused-ring (bicyclic) bond motifs is 2. The average molecular weight is 305 g/mol. The van der Waals surface area contributed by atoms with Crippen LogP contribution in [0.1, 0.15) is 0 Å². The quantitative estimate of drug-likeness (QED) is 0.419. The highest BCUT2D eigenvalue weighted by Crippen LogP contribution is 2.40. The van der Waals surface area contributed by atoms with Crippen LogP contribution in [0.4, 0.5) is 10.1 Å². The lowest BCUT2D eigenvalue weighted by Crippen LogP contribution is -2.44. The van der Waals surface area contributed by atoms with E-state index in [1.807, 2.05) is 18.2 Å². The summed E-state index contributed by atoms with van der Waals surface area (Å²) in [7, 11) is 0. The van der Waals surface area contributed by atoms with Gasteiger partial charge in [0.25, 0.3) is 0 Å². The van der Waals surface area contributed by atoms with Crippen molar-refractivity contribution in [3.63, 3.8) is 0 Å². The van der Waals surface area contributed by atoms with E-state index in [2.05, 4.69) is 0 Å². The van der Waals surface area contributed by atoms with Crippen LogP contribution in [-0.4, -0.2) is 0 Å². The lowest BCUT2D eigenvalue weighted by Gasteiger charge is -2.15. The van der Waals surface area contributed by atoms with Crippen LogP contribution >= 0.6 is 0 Å². The first-order valence-corrected chi connectivity index (χ1v) is 7.23. The minimum absolute atomic E-state index is 0.282. The van der Waals surface area contributed by atoms with Gasteiger partial charge in [0.1, 0.15) is 17.2 Å². The van der Waals surface area contributed by atoms with Crippen molar-refractivity contribution < 1.29 is 14.2 Å². The normalized spacial score (nSPS) is 11.2. The highest BCUT2D eigenvalue weighted by atomic mass is 19.1. The highest BCUT2D eigenvalue weighted by Gasteiger charge is 2.19. The number of anilines is 1. The second-order valence-corrected chi connectivity index (χ2v) is 5.47. The lowest BCUT2D eigenvalue weighted by atomic mass is 9.93. The molecule has 0 saturated carbocycles. The summed E-state index contributed by atoms with van der Waals surface area (Å²) in [6.45, 7) is 0. The van der Waals surface area contributed by atoms with Gasteiger partial charge in [0.05, 0.1) is 6.07 Å². The first kappa shape index (κ1) is 13.5. The third-order valence-electron chi connectivity index (χ3n) is 3.91. The largest absolute Gasteiger partial charge is 0.456 e. The Morgan fingerprint density at radius 1 is 0.913 bits per heavy atom. The Bertz CT molecular complexity index is 1070. The summed E-state index contributed by atoms with van der Waals surface area (Å²) >= 11 is 0. The van der Waals surface area contributed by atoms with Crippen LogP contribution in [0.25, 0.3) is 33.4 Å². The third kappa shape index (κ3) is 2.16. The number of nitrogen functional groups attached to an aromatic ring is 1. The molecule has 2 aliphatic rings. The molecule has 0 amide bonds. The van der Waals surface area contributed by atoms with Gasteiger partial charge in [0, 0.05) is 39.9 Å². The van der Waals surface area contributed by atoms with Gasteiger partial charge in [-0.25, -0.2) is 4.39 Å². The monoisotopic (exact) mass is 305 g/mol. The fourth-order valence-electron chi connectivity index (χ4n) is 2.88. The second-order valence-electron chi connectivity index (χ2n) is 5.47. The topological polar surface area (TPSA) is 64.8 Å². The van der Waals surface area contributed by atoms with Gasteiger partial charge in [-0.2, -0.15) is 0 Å². The Morgan fingerprint density at radius 3 is 2.57 bits per heavy atom. The highest BCUT2D eigenvalue weighted by molar-refractivity contribution is 6.02. The molecule has 2 aromatic carbocycles. The van der Waals surface area contributed by atoms with E-state index in [1.165, 1.54) is 6.07 Å². The smallest absolute Gasteiger partial charge is 0.200 e. The van der Waals surface area contributed by atoms with Gasteiger partial charge in [0.2, 0.25) is 0 Å². The fourth-order valence-corrected chi connectivity index (χ4v) is 2.88. The molecule has 1 aliphatic heterocycles. The van der Waals surface area contributed by atoms with E-state index in [0.717, 1.165) is 16.5 Å². The summed E-state index contributed by atoms with van der Waals surface area (Å²) in [6, 6.07) is 17.4. The van der Waals surface area contributed by atoms with Crippen molar-refractivity contribution in [2.75, 3.05) is 5.73 Å². The second kappa shape index (κ2) is 4.95. The van der Waals surface area contributed by atoms with Crippen molar-refractivity contribution in [1.82, 2.24) is 0 Å². The summed E-state index contributed by atoms with van der Waals surface area (Å²) < 4.78 is 20.3. The summed E-state index contributed by atoms with van der Waals surface area (Å²) in [5.41, 5.74) is 9.15. The molecule has 4 N–H and O–H groups in total. The SMILES string of the molecule is Nc1ccc2c(-c3ccccc3F)c3ccc(=[NH2+])cc-3oc2c1. The Morgan fingerprint density at radius 2 is 1.74 bits per heavy atom. The predicted octanol–water partition coefficient (Wildman–Crippen LogP) is 2.59. The van der Waals surface area contributed by atoms with E-state index in [0.29, 0.717) is 28.0 Å². The molecule has 23 heavy (non-hydrogen) atoms. The van der Waals surface area contributed by atoms with E-state index < -0.39 is 0 Å². The van der Waals surface area contributed by atoms with E-state index in [-0.39, 0.29) is 5.82 Å². The molecule has 112 valence electrons. The maximum atomic E-state index is 14.4. The molecule has 4 rings (SSSR count). The van der Waals surface area contributed by atoms with Gasteiger partial charge in [-0.3, -0.25) is 5.41 Å². The van der Waals surface area contributed by atoms with Crippen molar-refractivity contribution >= 4 is 16.7 Å². The molecule has 2 aromatic rings. The van der Waals surface area contributed by atoms with Gasteiger partial charge in [-0.1, -0.05) is 18.2 Å². The maximum absolute atomic E-state index is 14.4. The molecule has 4 heteroatoms. The Hall–Kier alpha value is -3.14. The van der Waals surface area contributed by atoms with Crippen LogP contribution in [0.15, 0.2) is 65.1 Å². The lowest BCUT2D eigenvalue weighted by molar-refractivity contribution is -0.172. The summed E-state index contributed by atoms with van der Waals surface area (Å²) in [6.07, 6.45) is 0. The predicted molar refractivity (Wildman–Crippen MR) is 87.7 cm³/mol. The number of nitrogens with two attached hydrogens (primary N) is 2. The number of rotatable bonds is 1. The molecule has 0 saturated heterocycles. The number of hydrogen-bond donors (Lipinski definition) is 2. The van der Waals surface area contributed by atoms with Gasteiger partial charge < -0.3 is 10.2 Å². The molecule has 0 unspecified atom stereocenters. The van der Waals surface area contributed by atoms with Crippen LogP contribution in [-0.2, 0) is 0 Å². The molecule has 3 nitrogen and oxygen atoms in total. The third-order valence-corrected chi connectivity index (χ3v) is 3.91. The van der Waals surface area contributed by atoms with Gasteiger partial charge >= 0.3 is 0 Å². The molecule has 0 fully saturated rings. The van der Waals surface area contributed by atoms with Crippen LogP contribution < -0.4 is 16.5 Å². The summed E-state index contributed by atoms with van der Waals surface area (Å²) in [4.78, 5) is 0. The number of benzene rings is 3. The van der Waals surface area contributed by atoms with E-state index in [4.69, 9.17) is 15.6 Å². The summed E-state index contributed by atoms with van der Waals surface area (Å²) in [5.74, 6) is 0.316. The summed E-state index contributed by atoms with van der Waals surface area (Å²) in [5, 5.41) is 7.25. The number of halogens is 1. The molecule has 1 heterocycles. The molecule has 0 radical (unpaired) electrons. The van der Waals surface area contributed by atoms with E-state index in [9.17, 15) is 4.39 Å². The molecular weight excluding hydrogens is 291 g/mol. The van der Waals surface area contributed by atoms with Crippen molar-refractivity contribution in [3.8, 4) is 22.5 Å². The molecule has 1 aliphatic carbocycles. The minimum Gasteiger partial charge on any atom is -0.456 e. The first-order chi connectivity index (χ1) is 11.1. The Balaban J connectivity index is 2.23. The van der Waals surface area contributed by atoms with Gasteiger partial charge in [-0.15, -0.1) is 0 Å². The Kier molecular flexibility index (Phi) is 2.91. The standard InChI is InChI=1S/C19H13FN2O/c20-16-4-2-1-3-13(16)19-14-7-5-11(21)9-17(14)23-18-10-12(22)6-8-15(18)19/h1-10,21H,22H2/p+1. The van der Waals surface area contributed by atoms with Crippen LogP contribution in [0.3, 0.4) is 0 Å². The van der Waals surface area contributed by atoms with Crippen LogP contribution in [0.2, 0.25) is 0 Å². The van der Waals surface area contributed by atoms with Crippen molar-refractivity contribution in [1.29, 1.82) is 0 Å². The van der Waals surface area contributed by atoms with E-state index in [1.54, 1.807) is 36.4 Å². The molecule has 0 aromatic heterocycles. The molecule has 0 atom stereocenters. The zero-order valence-corrected chi connectivity index (χ0v) is 12.2.